The van der Waals surface area contributed by atoms with E-state index in [1.54, 1.807) is 0 Å². The van der Waals surface area contributed by atoms with Gasteiger partial charge in [-0.1, -0.05) is 0 Å². The van der Waals surface area contributed by atoms with Gasteiger partial charge < -0.3 is 5.32 Å². The van der Waals surface area contributed by atoms with Crippen LogP contribution in [0.2, 0.25) is 0 Å². The topological polar surface area (TPSA) is 33.1 Å². The molecule has 90 valence electrons. The number of aromatic nitrogens is 2. The number of hydrogen-bond donors (Lipinski definition) is 1. The molecule has 0 bridgehead atoms. The van der Waals surface area contributed by atoms with Crippen molar-refractivity contribution >= 4 is 0 Å². The average molecular weight is 222 g/mol. The first-order valence-electron chi connectivity index (χ1n) is 6.24. The maximum atomic E-state index is 4.32. The van der Waals surface area contributed by atoms with Crippen LogP contribution >= 0.6 is 0 Å². The Bertz CT molecular complexity index is 321. The van der Waals surface area contributed by atoms with Crippen LogP contribution in [0.5, 0.6) is 0 Å². The second kappa shape index (κ2) is 5.46. The van der Waals surface area contributed by atoms with Gasteiger partial charge in [0, 0.05) is 31.9 Å². The summed E-state index contributed by atoms with van der Waals surface area (Å²) in [5.74, 6) is 0. The molecule has 0 aromatic carbocycles. The first-order valence-corrected chi connectivity index (χ1v) is 6.24. The summed E-state index contributed by atoms with van der Waals surface area (Å²) in [5, 5.41) is 7.61. The van der Waals surface area contributed by atoms with Crippen LogP contribution in [0.4, 0.5) is 0 Å². The van der Waals surface area contributed by atoms with Crippen molar-refractivity contribution in [3.63, 3.8) is 0 Å². The quantitative estimate of drug-likeness (QED) is 0.809. The largest absolute Gasteiger partial charge is 0.318 e. The van der Waals surface area contributed by atoms with Gasteiger partial charge in [-0.25, -0.2) is 0 Å². The highest BCUT2D eigenvalue weighted by Gasteiger charge is 2.24. The van der Waals surface area contributed by atoms with Crippen molar-refractivity contribution in [3.8, 4) is 0 Å². The molecule has 2 rings (SSSR count). The Morgan fingerprint density at radius 3 is 3.19 bits per heavy atom. The fraction of sp³-hybridized carbons (Fsp3) is 0.750. The number of nitrogens with zero attached hydrogens (tertiary/aromatic N) is 3. The van der Waals surface area contributed by atoms with Crippen LogP contribution in [0.15, 0.2) is 12.3 Å². The summed E-state index contributed by atoms with van der Waals surface area (Å²) in [6.45, 7) is 6.47. The zero-order valence-corrected chi connectivity index (χ0v) is 10.3. The third kappa shape index (κ3) is 2.44. The third-order valence-corrected chi connectivity index (χ3v) is 3.41. The lowest BCUT2D eigenvalue weighted by atomic mass is 10.2. The van der Waals surface area contributed by atoms with Crippen LogP contribution in [0.3, 0.4) is 0 Å². The summed E-state index contributed by atoms with van der Waals surface area (Å²) in [7, 11) is 2.03. The van der Waals surface area contributed by atoms with E-state index in [1.807, 2.05) is 13.2 Å². The van der Waals surface area contributed by atoms with Crippen molar-refractivity contribution in [2.45, 2.75) is 38.9 Å². The molecule has 1 atom stereocenters. The summed E-state index contributed by atoms with van der Waals surface area (Å²) in [4.78, 5) is 2.57. The Balaban J connectivity index is 1.98. The van der Waals surface area contributed by atoms with E-state index in [9.17, 15) is 0 Å². The smallest absolute Gasteiger partial charge is 0.0524 e. The minimum absolute atomic E-state index is 0.699. The molecule has 0 spiro atoms. The van der Waals surface area contributed by atoms with Crippen LogP contribution in [-0.4, -0.2) is 40.9 Å². The fourth-order valence-corrected chi connectivity index (χ4v) is 2.56. The summed E-state index contributed by atoms with van der Waals surface area (Å²) in [6, 6.07) is 2.84. The molecule has 4 nitrogen and oxygen atoms in total. The minimum Gasteiger partial charge on any atom is -0.318 e. The molecule has 0 radical (unpaired) electrons. The van der Waals surface area contributed by atoms with E-state index in [1.165, 1.54) is 25.1 Å². The lowest BCUT2D eigenvalue weighted by Crippen LogP contribution is -2.36. The summed E-state index contributed by atoms with van der Waals surface area (Å²) < 4.78 is 2.09. The normalized spacial score (nSPS) is 21.8. The molecule has 1 aromatic heterocycles. The SMILES string of the molecule is CCn1nccc1CN1CCCC1CNC. The second-order valence-electron chi connectivity index (χ2n) is 4.46. The molecule has 0 amide bonds. The molecule has 16 heavy (non-hydrogen) atoms. The van der Waals surface area contributed by atoms with Gasteiger partial charge in [-0.15, -0.1) is 0 Å². The molecule has 1 aliphatic heterocycles. The summed E-state index contributed by atoms with van der Waals surface area (Å²) in [5.41, 5.74) is 1.34. The maximum absolute atomic E-state index is 4.32. The predicted molar refractivity (Wildman–Crippen MR) is 65.3 cm³/mol. The zero-order chi connectivity index (χ0) is 11.4. The molecule has 1 fully saturated rings. The lowest BCUT2D eigenvalue weighted by molar-refractivity contribution is 0.235. The Labute approximate surface area is 97.6 Å². The molecule has 1 saturated heterocycles. The van der Waals surface area contributed by atoms with Crippen LogP contribution in [0.25, 0.3) is 0 Å². The molecule has 0 aliphatic carbocycles. The van der Waals surface area contributed by atoms with Crippen molar-refractivity contribution in [1.82, 2.24) is 20.0 Å². The number of likely N-dealkylation sites (N-methyl/N-ethyl adjacent to an activating group) is 1. The highest BCUT2D eigenvalue weighted by molar-refractivity contribution is 5.01. The number of aryl methyl sites for hydroxylation is 1. The van der Waals surface area contributed by atoms with Crippen LogP contribution in [-0.2, 0) is 13.1 Å². The predicted octanol–water partition coefficient (Wildman–Crippen LogP) is 1.09. The van der Waals surface area contributed by atoms with E-state index in [4.69, 9.17) is 0 Å². The maximum Gasteiger partial charge on any atom is 0.0524 e. The zero-order valence-electron chi connectivity index (χ0n) is 10.3. The molecule has 1 N–H and O–H groups in total. The van der Waals surface area contributed by atoms with Crippen molar-refractivity contribution in [3.05, 3.63) is 18.0 Å². The second-order valence-corrected chi connectivity index (χ2v) is 4.46. The number of likely N-dealkylation sites (tertiary alicyclic amines) is 1. The molecule has 1 aliphatic rings. The highest BCUT2D eigenvalue weighted by atomic mass is 15.3. The third-order valence-electron chi connectivity index (χ3n) is 3.41. The average Bonchev–Trinajstić information content (AvgIpc) is 2.89. The van der Waals surface area contributed by atoms with Gasteiger partial charge in [0.25, 0.3) is 0 Å². The van der Waals surface area contributed by atoms with Gasteiger partial charge in [-0.05, 0) is 39.4 Å². The summed E-state index contributed by atoms with van der Waals surface area (Å²) in [6.07, 6.45) is 4.55. The van der Waals surface area contributed by atoms with Crippen LogP contribution in [0, 0.1) is 0 Å². The molecule has 4 heteroatoms. The van der Waals surface area contributed by atoms with Crippen LogP contribution in [0.1, 0.15) is 25.5 Å². The van der Waals surface area contributed by atoms with E-state index in [0.717, 1.165) is 19.6 Å². The fourth-order valence-electron chi connectivity index (χ4n) is 2.56. The Morgan fingerprint density at radius 2 is 2.44 bits per heavy atom. The van der Waals surface area contributed by atoms with Gasteiger partial charge in [0.2, 0.25) is 0 Å². The number of rotatable bonds is 5. The van der Waals surface area contributed by atoms with E-state index in [0.29, 0.717) is 6.04 Å². The van der Waals surface area contributed by atoms with Crippen LogP contribution < -0.4 is 5.32 Å². The summed E-state index contributed by atoms with van der Waals surface area (Å²) >= 11 is 0. The number of hydrogen-bond acceptors (Lipinski definition) is 3. The first-order chi connectivity index (χ1) is 7.85. The van der Waals surface area contributed by atoms with Crippen molar-refractivity contribution in [2.75, 3.05) is 20.1 Å². The van der Waals surface area contributed by atoms with Gasteiger partial charge in [-0.2, -0.15) is 5.10 Å². The Kier molecular flexibility index (Phi) is 3.96. The van der Waals surface area contributed by atoms with Crippen molar-refractivity contribution < 1.29 is 0 Å². The van der Waals surface area contributed by atoms with Crippen molar-refractivity contribution in [2.24, 2.45) is 0 Å². The van der Waals surface area contributed by atoms with Gasteiger partial charge in [0.05, 0.1) is 5.69 Å². The first kappa shape index (κ1) is 11.6. The van der Waals surface area contributed by atoms with Gasteiger partial charge >= 0.3 is 0 Å². The molecular weight excluding hydrogens is 200 g/mol. The van der Waals surface area contributed by atoms with Crippen molar-refractivity contribution in [1.29, 1.82) is 0 Å². The molecule has 0 saturated carbocycles. The van der Waals surface area contributed by atoms with E-state index >= 15 is 0 Å². The van der Waals surface area contributed by atoms with E-state index < -0.39 is 0 Å². The lowest BCUT2D eigenvalue weighted by Gasteiger charge is -2.24. The van der Waals surface area contributed by atoms with Gasteiger partial charge in [-0.3, -0.25) is 9.58 Å². The van der Waals surface area contributed by atoms with Gasteiger partial charge in [0.15, 0.2) is 0 Å². The standard InChI is InChI=1S/C12H22N4/c1-3-16-12(6-7-14-16)10-15-8-4-5-11(15)9-13-2/h6-7,11,13H,3-5,8-10H2,1-2H3. The molecular formula is C12H22N4. The Morgan fingerprint density at radius 1 is 1.56 bits per heavy atom. The molecule has 2 heterocycles. The molecule has 1 aromatic rings. The minimum atomic E-state index is 0.699. The monoisotopic (exact) mass is 222 g/mol. The van der Waals surface area contributed by atoms with E-state index in [-0.39, 0.29) is 0 Å². The number of nitrogens with one attached hydrogen (secondary N) is 1. The van der Waals surface area contributed by atoms with Gasteiger partial charge in [0.1, 0.15) is 0 Å². The molecule has 1 unspecified atom stereocenters. The Hall–Kier alpha value is -0.870. The highest BCUT2D eigenvalue weighted by Crippen LogP contribution is 2.19. The van der Waals surface area contributed by atoms with E-state index in [2.05, 4.69) is 33.0 Å².